The first kappa shape index (κ1) is 20.9. The number of rotatable bonds is 7. The molecule has 0 saturated carbocycles. The number of hydrogen-bond donors (Lipinski definition) is 1. The maximum atomic E-state index is 13.3. The van der Waals surface area contributed by atoms with Crippen LogP contribution in [-0.2, 0) is 11.3 Å². The van der Waals surface area contributed by atoms with E-state index in [-0.39, 0.29) is 23.7 Å². The van der Waals surface area contributed by atoms with E-state index in [1.807, 2.05) is 24.3 Å². The van der Waals surface area contributed by atoms with E-state index in [1.54, 1.807) is 23.9 Å². The van der Waals surface area contributed by atoms with Crippen molar-refractivity contribution in [3.63, 3.8) is 0 Å². The van der Waals surface area contributed by atoms with Gasteiger partial charge >= 0.3 is 0 Å². The molecule has 1 aliphatic rings. The number of ether oxygens (including phenoxy) is 1. The van der Waals surface area contributed by atoms with Gasteiger partial charge in [0.05, 0.1) is 19.7 Å². The first-order valence-electron chi connectivity index (χ1n) is 10.2. The number of methoxy groups -OCH3 is 1. The van der Waals surface area contributed by atoms with E-state index < -0.39 is 0 Å². The average molecular weight is 424 g/mol. The van der Waals surface area contributed by atoms with Crippen molar-refractivity contribution in [2.45, 2.75) is 25.4 Å². The van der Waals surface area contributed by atoms with Crippen LogP contribution in [0.1, 0.15) is 35.8 Å². The van der Waals surface area contributed by atoms with Crippen LogP contribution in [-0.4, -0.2) is 51.2 Å². The van der Waals surface area contributed by atoms with E-state index in [2.05, 4.69) is 20.4 Å². The molecular weight excluding hydrogens is 399 g/mol. The van der Waals surface area contributed by atoms with Gasteiger partial charge in [-0.2, -0.15) is 0 Å². The highest BCUT2D eigenvalue weighted by Gasteiger charge is 2.32. The smallest absolute Gasteiger partial charge is 0.220 e. The normalized spacial score (nSPS) is 16.2. The molecule has 1 atom stereocenters. The number of nitrogens with two attached hydrogens (primary N) is 1. The molecule has 1 aromatic heterocycles. The summed E-state index contributed by atoms with van der Waals surface area (Å²) in [5.41, 5.74) is 7.43. The van der Waals surface area contributed by atoms with Crippen molar-refractivity contribution in [3.8, 4) is 5.75 Å². The zero-order valence-corrected chi connectivity index (χ0v) is 17.3. The molecule has 31 heavy (non-hydrogen) atoms. The van der Waals surface area contributed by atoms with Gasteiger partial charge in [0.25, 0.3) is 0 Å². The van der Waals surface area contributed by atoms with E-state index in [0.29, 0.717) is 38.3 Å². The Kier molecular flexibility index (Phi) is 6.22. The Labute approximate surface area is 179 Å². The molecule has 162 valence electrons. The minimum atomic E-state index is -0.283. The van der Waals surface area contributed by atoms with Crippen LogP contribution >= 0.6 is 0 Å². The summed E-state index contributed by atoms with van der Waals surface area (Å²) in [6.07, 6.45) is 1.39. The van der Waals surface area contributed by atoms with E-state index in [0.717, 1.165) is 16.9 Å². The van der Waals surface area contributed by atoms with Gasteiger partial charge < -0.3 is 10.5 Å². The fourth-order valence-corrected chi connectivity index (χ4v) is 4.03. The molecule has 0 unspecified atom stereocenters. The topological polar surface area (TPSA) is 99.2 Å². The Morgan fingerprint density at radius 1 is 1.16 bits per heavy atom. The molecule has 1 saturated heterocycles. The van der Waals surface area contributed by atoms with Crippen LogP contribution in [0.3, 0.4) is 0 Å². The fourth-order valence-electron chi connectivity index (χ4n) is 4.03. The summed E-state index contributed by atoms with van der Waals surface area (Å²) in [7, 11) is 1.63. The van der Waals surface area contributed by atoms with Crippen LogP contribution in [0.5, 0.6) is 5.75 Å². The zero-order valence-electron chi connectivity index (χ0n) is 17.3. The highest BCUT2D eigenvalue weighted by atomic mass is 19.1. The number of aromatic nitrogens is 4. The molecule has 2 N–H and O–H groups in total. The minimum Gasteiger partial charge on any atom is -0.497 e. The average Bonchev–Trinajstić information content (AvgIpc) is 3.24. The summed E-state index contributed by atoms with van der Waals surface area (Å²) in [5.74, 6) is 0.812. The van der Waals surface area contributed by atoms with Gasteiger partial charge in [-0.15, -0.1) is 5.10 Å². The molecule has 1 fully saturated rings. The van der Waals surface area contributed by atoms with Gasteiger partial charge in [0, 0.05) is 5.92 Å². The number of carbonyl (C=O) groups is 1. The molecule has 1 amide bonds. The number of amides is 1. The number of nitrogens with zero attached hydrogens (tertiary/aromatic N) is 5. The summed E-state index contributed by atoms with van der Waals surface area (Å²) < 4.78 is 20.3. The third kappa shape index (κ3) is 4.72. The molecule has 8 nitrogen and oxygen atoms in total. The number of hydrogen-bond acceptors (Lipinski definition) is 6. The Balaban J connectivity index is 1.65. The standard InChI is InChI=1S/C22H25FN6O2/c1-31-19-8-4-16(5-9-19)20(28-12-10-17(11-13-28)21(24)30)22-25-26-27-29(22)14-15-2-6-18(23)7-3-15/h2-9,17,20H,10-14H2,1H3,(H2,24,30)/t20-/m1/s1. The molecule has 2 heterocycles. The van der Waals surface area contributed by atoms with Crippen LogP contribution in [0, 0.1) is 11.7 Å². The molecule has 4 rings (SSSR count). The molecular formula is C22H25FN6O2. The minimum absolute atomic E-state index is 0.108. The fraction of sp³-hybridized carbons (Fsp3) is 0.364. The lowest BCUT2D eigenvalue weighted by Gasteiger charge is -2.36. The van der Waals surface area contributed by atoms with Crippen molar-refractivity contribution in [2.75, 3.05) is 20.2 Å². The summed E-state index contributed by atoms with van der Waals surface area (Å²) in [6, 6.07) is 13.9. The predicted octanol–water partition coefficient (Wildman–Crippen LogP) is 2.16. The summed E-state index contributed by atoms with van der Waals surface area (Å²) in [5, 5.41) is 12.4. The van der Waals surface area contributed by atoms with E-state index in [9.17, 15) is 9.18 Å². The van der Waals surface area contributed by atoms with Crippen molar-refractivity contribution in [1.29, 1.82) is 0 Å². The molecule has 0 spiro atoms. The molecule has 1 aliphatic heterocycles. The SMILES string of the molecule is COc1ccc([C@H](c2nnnn2Cc2ccc(F)cc2)N2CCC(C(N)=O)CC2)cc1. The first-order chi connectivity index (χ1) is 15.0. The Bertz CT molecular complexity index is 1010. The molecule has 9 heteroatoms. The van der Waals surface area contributed by atoms with Crippen molar-refractivity contribution < 1.29 is 13.9 Å². The second-order valence-corrected chi connectivity index (χ2v) is 7.71. The molecule has 3 aromatic rings. The summed E-state index contributed by atoms with van der Waals surface area (Å²) in [6.45, 7) is 1.83. The molecule has 2 aromatic carbocycles. The Hall–Kier alpha value is -3.33. The molecule has 0 radical (unpaired) electrons. The highest BCUT2D eigenvalue weighted by molar-refractivity contribution is 5.76. The zero-order chi connectivity index (χ0) is 21.8. The maximum absolute atomic E-state index is 13.3. The third-order valence-electron chi connectivity index (χ3n) is 5.78. The summed E-state index contributed by atoms with van der Waals surface area (Å²) in [4.78, 5) is 13.9. The number of primary amides is 1. The molecule has 0 aliphatic carbocycles. The van der Waals surface area contributed by atoms with Crippen LogP contribution in [0.15, 0.2) is 48.5 Å². The number of carbonyl (C=O) groups excluding carboxylic acids is 1. The monoisotopic (exact) mass is 424 g/mol. The van der Waals surface area contributed by atoms with Gasteiger partial charge in [-0.25, -0.2) is 9.07 Å². The quantitative estimate of drug-likeness (QED) is 0.624. The van der Waals surface area contributed by atoms with Crippen molar-refractivity contribution in [3.05, 3.63) is 71.3 Å². The largest absolute Gasteiger partial charge is 0.497 e. The van der Waals surface area contributed by atoms with Gasteiger partial charge in [0.2, 0.25) is 5.91 Å². The van der Waals surface area contributed by atoms with Gasteiger partial charge in [0.1, 0.15) is 11.6 Å². The van der Waals surface area contributed by atoms with Gasteiger partial charge in [-0.1, -0.05) is 24.3 Å². The third-order valence-corrected chi connectivity index (χ3v) is 5.78. The van der Waals surface area contributed by atoms with Crippen LogP contribution in [0.4, 0.5) is 4.39 Å². The first-order valence-corrected chi connectivity index (χ1v) is 10.2. The number of likely N-dealkylation sites (tertiary alicyclic amines) is 1. The van der Waals surface area contributed by atoms with E-state index in [1.165, 1.54) is 12.1 Å². The van der Waals surface area contributed by atoms with Crippen molar-refractivity contribution >= 4 is 5.91 Å². The number of halogens is 1. The number of piperidine rings is 1. The number of tetrazole rings is 1. The lowest BCUT2D eigenvalue weighted by molar-refractivity contribution is -0.123. The van der Waals surface area contributed by atoms with Crippen LogP contribution < -0.4 is 10.5 Å². The maximum Gasteiger partial charge on any atom is 0.220 e. The Morgan fingerprint density at radius 3 is 2.45 bits per heavy atom. The van der Waals surface area contributed by atoms with Gasteiger partial charge in [-0.05, 0) is 71.8 Å². The lowest BCUT2D eigenvalue weighted by Crippen LogP contribution is -2.41. The highest BCUT2D eigenvalue weighted by Crippen LogP contribution is 2.32. The van der Waals surface area contributed by atoms with E-state index >= 15 is 0 Å². The second-order valence-electron chi connectivity index (χ2n) is 7.71. The predicted molar refractivity (Wildman–Crippen MR) is 112 cm³/mol. The van der Waals surface area contributed by atoms with Gasteiger partial charge in [0.15, 0.2) is 5.82 Å². The van der Waals surface area contributed by atoms with Crippen molar-refractivity contribution in [1.82, 2.24) is 25.1 Å². The van der Waals surface area contributed by atoms with Crippen molar-refractivity contribution in [2.24, 2.45) is 11.7 Å². The Morgan fingerprint density at radius 2 is 1.84 bits per heavy atom. The second kappa shape index (κ2) is 9.22. The molecule has 0 bridgehead atoms. The van der Waals surface area contributed by atoms with Crippen LogP contribution in [0.2, 0.25) is 0 Å². The van der Waals surface area contributed by atoms with E-state index in [4.69, 9.17) is 10.5 Å². The lowest BCUT2D eigenvalue weighted by atomic mass is 9.93. The summed E-state index contributed by atoms with van der Waals surface area (Å²) >= 11 is 0. The van der Waals surface area contributed by atoms with Gasteiger partial charge in [-0.3, -0.25) is 9.69 Å². The van der Waals surface area contributed by atoms with Crippen LogP contribution in [0.25, 0.3) is 0 Å². The number of benzene rings is 2.